The average Bonchev–Trinajstić information content (AvgIpc) is 2.63. The Balaban J connectivity index is 2.36. The van der Waals surface area contributed by atoms with E-state index in [1.807, 2.05) is 0 Å². The van der Waals surface area contributed by atoms with Crippen molar-refractivity contribution in [2.45, 2.75) is 6.04 Å². The summed E-state index contributed by atoms with van der Waals surface area (Å²) in [5, 5.41) is 7.47. The molecule has 2 aromatic rings. The Hall–Kier alpha value is -1.82. The zero-order valence-electron chi connectivity index (χ0n) is 8.13. The minimum absolute atomic E-state index is 0.405. The van der Waals surface area contributed by atoms with Gasteiger partial charge >= 0.3 is 0 Å². The minimum Gasteiger partial charge on any atom is -0.319 e. The summed E-state index contributed by atoms with van der Waals surface area (Å²) in [6.07, 6.45) is 4.22. The van der Waals surface area contributed by atoms with E-state index in [4.69, 9.17) is 5.73 Å². The van der Waals surface area contributed by atoms with Crippen molar-refractivity contribution in [1.29, 1.82) is 0 Å². The Morgan fingerprint density at radius 1 is 1.40 bits per heavy atom. The smallest absolute Gasteiger partial charge is 0.141 e. The SMILES string of the molecule is Cn1nncc1C(N)c1cncc(F)c1. The molecule has 0 aliphatic carbocycles. The molecule has 0 aliphatic rings. The summed E-state index contributed by atoms with van der Waals surface area (Å²) < 4.78 is 14.5. The van der Waals surface area contributed by atoms with Crippen LogP contribution < -0.4 is 5.73 Å². The summed E-state index contributed by atoms with van der Waals surface area (Å²) in [7, 11) is 1.73. The topological polar surface area (TPSA) is 69.6 Å². The van der Waals surface area contributed by atoms with Gasteiger partial charge in [0.15, 0.2) is 0 Å². The molecular formula is C9H10FN5. The van der Waals surface area contributed by atoms with Crippen LogP contribution in [0, 0.1) is 5.82 Å². The first-order chi connectivity index (χ1) is 7.18. The summed E-state index contributed by atoms with van der Waals surface area (Å²) in [4.78, 5) is 3.74. The highest BCUT2D eigenvalue weighted by Gasteiger charge is 2.13. The maximum Gasteiger partial charge on any atom is 0.141 e. The monoisotopic (exact) mass is 207 g/mol. The predicted molar refractivity (Wildman–Crippen MR) is 51.2 cm³/mol. The van der Waals surface area contributed by atoms with Gasteiger partial charge < -0.3 is 5.73 Å². The number of hydrogen-bond acceptors (Lipinski definition) is 4. The fourth-order valence-electron chi connectivity index (χ4n) is 1.35. The molecule has 0 fully saturated rings. The van der Waals surface area contributed by atoms with E-state index in [2.05, 4.69) is 15.3 Å². The van der Waals surface area contributed by atoms with Crippen LogP contribution in [0.5, 0.6) is 0 Å². The second-order valence-corrected chi connectivity index (χ2v) is 3.20. The lowest BCUT2D eigenvalue weighted by Gasteiger charge is -2.10. The van der Waals surface area contributed by atoms with E-state index in [0.717, 1.165) is 6.20 Å². The summed E-state index contributed by atoms with van der Waals surface area (Å²) in [6, 6.07) is 0.887. The second-order valence-electron chi connectivity index (χ2n) is 3.20. The molecule has 0 bridgehead atoms. The average molecular weight is 207 g/mol. The Morgan fingerprint density at radius 3 is 2.80 bits per heavy atom. The van der Waals surface area contributed by atoms with Crippen molar-refractivity contribution in [3.63, 3.8) is 0 Å². The lowest BCUT2D eigenvalue weighted by atomic mass is 10.1. The van der Waals surface area contributed by atoms with Crippen LogP contribution in [0.3, 0.4) is 0 Å². The van der Waals surface area contributed by atoms with E-state index in [1.54, 1.807) is 17.9 Å². The van der Waals surface area contributed by atoms with Crippen molar-refractivity contribution in [1.82, 2.24) is 20.0 Å². The predicted octanol–water partition coefficient (Wildman–Crippen LogP) is 0.397. The van der Waals surface area contributed by atoms with Crippen molar-refractivity contribution in [2.24, 2.45) is 12.8 Å². The van der Waals surface area contributed by atoms with Gasteiger partial charge in [0.05, 0.1) is 24.1 Å². The van der Waals surface area contributed by atoms with Crippen LogP contribution in [0.4, 0.5) is 4.39 Å². The molecule has 0 amide bonds. The molecule has 0 aromatic carbocycles. The van der Waals surface area contributed by atoms with E-state index < -0.39 is 11.9 Å². The van der Waals surface area contributed by atoms with Gasteiger partial charge in [0, 0.05) is 13.2 Å². The van der Waals surface area contributed by atoms with Gasteiger partial charge in [-0.25, -0.2) is 4.39 Å². The number of nitrogens with zero attached hydrogens (tertiary/aromatic N) is 4. The van der Waals surface area contributed by atoms with Crippen molar-refractivity contribution in [2.75, 3.05) is 0 Å². The summed E-state index contributed by atoms with van der Waals surface area (Å²) in [5.74, 6) is -0.405. The van der Waals surface area contributed by atoms with E-state index in [0.29, 0.717) is 11.3 Å². The molecule has 1 unspecified atom stereocenters. The van der Waals surface area contributed by atoms with Crippen LogP contribution in [0.1, 0.15) is 17.3 Å². The molecule has 0 radical (unpaired) electrons. The number of nitrogens with two attached hydrogens (primary N) is 1. The standard InChI is InChI=1S/C9H10FN5/c1-15-8(5-13-14-15)9(11)6-2-7(10)4-12-3-6/h2-5,9H,11H2,1H3. The molecule has 0 spiro atoms. The number of rotatable bonds is 2. The summed E-state index contributed by atoms with van der Waals surface area (Å²) >= 11 is 0. The Labute approximate surface area is 85.7 Å². The first kappa shape index (κ1) is 9.72. The molecule has 78 valence electrons. The molecule has 0 saturated carbocycles. The van der Waals surface area contributed by atoms with E-state index >= 15 is 0 Å². The molecule has 5 nitrogen and oxygen atoms in total. The van der Waals surface area contributed by atoms with Crippen LogP contribution in [-0.4, -0.2) is 20.0 Å². The van der Waals surface area contributed by atoms with Gasteiger partial charge in [0.2, 0.25) is 0 Å². The van der Waals surface area contributed by atoms with Gasteiger partial charge in [-0.15, -0.1) is 5.10 Å². The second kappa shape index (κ2) is 3.74. The number of hydrogen-bond donors (Lipinski definition) is 1. The summed E-state index contributed by atoms with van der Waals surface area (Å²) in [6.45, 7) is 0. The van der Waals surface area contributed by atoms with Crippen LogP contribution in [-0.2, 0) is 7.05 Å². The van der Waals surface area contributed by atoms with Gasteiger partial charge in [-0.3, -0.25) is 9.67 Å². The highest BCUT2D eigenvalue weighted by atomic mass is 19.1. The Kier molecular flexibility index (Phi) is 2.42. The van der Waals surface area contributed by atoms with Crippen LogP contribution >= 0.6 is 0 Å². The first-order valence-electron chi connectivity index (χ1n) is 4.39. The maximum absolute atomic E-state index is 12.9. The maximum atomic E-state index is 12.9. The van der Waals surface area contributed by atoms with Gasteiger partial charge in [0.25, 0.3) is 0 Å². The van der Waals surface area contributed by atoms with Crippen LogP contribution in [0.2, 0.25) is 0 Å². The zero-order chi connectivity index (χ0) is 10.8. The van der Waals surface area contributed by atoms with E-state index in [-0.39, 0.29) is 0 Å². The number of pyridine rings is 1. The van der Waals surface area contributed by atoms with Crippen LogP contribution in [0.25, 0.3) is 0 Å². The molecule has 15 heavy (non-hydrogen) atoms. The minimum atomic E-state index is -0.465. The molecule has 0 saturated heterocycles. The highest BCUT2D eigenvalue weighted by Crippen LogP contribution is 2.17. The molecule has 2 heterocycles. The van der Waals surface area contributed by atoms with Gasteiger partial charge in [0.1, 0.15) is 5.82 Å². The molecule has 2 rings (SSSR count). The van der Waals surface area contributed by atoms with Gasteiger partial charge in [-0.2, -0.15) is 0 Å². The third-order valence-electron chi connectivity index (χ3n) is 2.15. The fraction of sp³-hybridized carbons (Fsp3) is 0.222. The molecule has 0 aliphatic heterocycles. The largest absolute Gasteiger partial charge is 0.319 e. The highest BCUT2D eigenvalue weighted by molar-refractivity contribution is 5.23. The van der Waals surface area contributed by atoms with Gasteiger partial charge in [-0.05, 0) is 11.6 Å². The Bertz CT molecular complexity index is 467. The lowest BCUT2D eigenvalue weighted by Crippen LogP contribution is -2.16. The van der Waals surface area contributed by atoms with Crippen molar-refractivity contribution < 1.29 is 4.39 Å². The normalized spacial score (nSPS) is 12.7. The van der Waals surface area contributed by atoms with Crippen molar-refractivity contribution in [3.05, 3.63) is 41.7 Å². The molecule has 2 N–H and O–H groups in total. The molecule has 1 atom stereocenters. The molecular weight excluding hydrogens is 197 g/mol. The quantitative estimate of drug-likeness (QED) is 0.773. The third-order valence-corrected chi connectivity index (χ3v) is 2.15. The van der Waals surface area contributed by atoms with Crippen molar-refractivity contribution in [3.8, 4) is 0 Å². The third kappa shape index (κ3) is 1.84. The number of aryl methyl sites for hydroxylation is 1. The lowest BCUT2D eigenvalue weighted by molar-refractivity contribution is 0.610. The fourth-order valence-corrected chi connectivity index (χ4v) is 1.35. The zero-order valence-corrected chi connectivity index (χ0v) is 8.13. The molecule has 6 heteroatoms. The number of halogens is 1. The van der Waals surface area contributed by atoms with Crippen LogP contribution in [0.15, 0.2) is 24.7 Å². The number of aromatic nitrogens is 4. The summed E-state index contributed by atoms with van der Waals surface area (Å²) in [5.41, 5.74) is 7.23. The molecule has 2 aromatic heterocycles. The van der Waals surface area contributed by atoms with Gasteiger partial charge in [-0.1, -0.05) is 5.21 Å². The van der Waals surface area contributed by atoms with E-state index in [9.17, 15) is 4.39 Å². The van der Waals surface area contributed by atoms with Crippen molar-refractivity contribution >= 4 is 0 Å². The Morgan fingerprint density at radius 2 is 2.20 bits per heavy atom. The first-order valence-corrected chi connectivity index (χ1v) is 4.39. The van der Waals surface area contributed by atoms with E-state index in [1.165, 1.54) is 12.3 Å².